The number of anilines is 1. The quantitative estimate of drug-likeness (QED) is 0.609. The molecule has 0 radical (unpaired) electrons. The molecule has 9 heteroatoms. The third kappa shape index (κ3) is 6.06. The zero-order chi connectivity index (χ0) is 22.5. The molecule has 30 heavy (non-hydrogen) atoms. The molecule has 0 unspecified atom stereocenters. The number of halogens is 1. The van der Waals surface area contributed by atoms with Gasteiger partial charge in [-0.3, -0.25) is 13.9 Å². The molecule has 0 aliphatic carbocycles. The van der Waals surface area contributed by atoms with Crippen LogP contribution in [0.4, 0.5) is 5.69 Å². The molecule has 2 amide bonds. The smallest absolute Gasteiger partial charge is 0.244 e. The molecule has 2 aromatic rings. The van der Waals surface area contributed by atoms with Crippen LogP contribution in [0.25, 0.3) is 0 Å². The van der Waals surface area contributed by atoms with Crippen molar-refractivity contribution in [1.82, 2.24) is 10.2 Å². The van der Waals surface area contributed by atoms with E-state index in [2.05, 4.69) is 21.2 Å². The third-order valence-corrected chi connectivity index (χ3v) is 6.40. The Morgan fingerprint density at radius 3 is 2.23 bits per heavy atom. The molecule has 2 rings (SSSR count). The fourth-order valence-corrected chi connectivity index (χ4v) is 4.19. The second kappa shape index (κ2) is 10.1. The van der Waals surface area contributed by atoms with Gasteiger partial charge in [-0.1, -0.05) is 46.3 Å². The van der Waals surface area contributed by atoms with E-state index in [0.717, 1.165) is 26.2 Å². The maximum atomic E-state index is 13.2. The van der Waals surface area contributed by atoms with Crippen LogP contribution in [0.5, 0.6) is 0 Å². The number of amides is 2. The van der Waals surface area contributed by atoms with Gasteiger partial charge in [0.05, 0.1) is 11.9 Å². The highest BCUT2D eigenvalue weighted by Crippen LogP contribution is 2.23. The van der Waals surface area contributed by atoms with E-state index in [1.807, 2.05) is 24.3 Å². The standard InChI is InChI=1S/C21H26BrN3O4S/c1-15-7-5-6-8-19(15)25(30(4,28)29)14-20(26)24(16(2)21(27)23-3)13-17-9-11-18(22)12-10-17/h5-12,16H,13-14H2,1-4H3,(H,23,27)/t16-/m1/s1. The number of rotatable bonds is 8. The summed E-state index contributed by atoms with van der Waals surface area (Å²) in [7, 11) is -2.22. The minimum atomic E-state index is -3.72. The molecule has 0 spiro atoms. The van der Waals surface area contributed by atoms with Crippen molar-refractivity contribution in [3.05, 3.63) is 64.1 Å². The highest BCUT2D eigenvalue weighted by atomic mass is 79.9. The van der Waals surface area contributed by atoms with E-state index < -0.39 is 28.5 Å². The summed E-state index contributed by atoms with van der Waals surface area (Å²) in [4.78, 5) is 26.9. The Labute approximate surface area is 186 Å². The molecule has 0 saturated carbocycles. The van der Waals surface area contributed by atoms with Crippen LogP contribution in [-0.2, 0) is 26.2 Å². The normalized spacial score (nSPS) is 12.2. The van der Waals surface area contributed by atoms with Crippen molar-refractivity contribution < 1.29 is 18.0 Å². The summed E-state index contributed by atoms with van der Waals surface area (Å²) >= 11 is 3.37. The fraction of sp³-hybridized carbons (Fsp3) is 0.333. The number of hydrogen-bond acceptors (Lipinski definition) is 4. The van der Waals surface area contributed by atoms with E-state index in [0.29, 0.717) is 5.69 Å². The number of hydrogen-bond donors (Lipinski definition) is 1. The summed E-state index contributed by atoms with van der Waals surface area (Å²) in [5.41, 5.74) is 1.99. The summed E-state index contributed by atoms with van der Waals surface area (Å²) < 4.78 is 26.9. The Kier molecular flexibility index (Phi) is 8.03. The number of aryl methyl sites for hydroxylation is 1. The Bertz CT molecular complexity index is 1010. The minimum Gasteiger partial charge on any atom is -0.357 e. The molecule has 2 aromatic carbocycles. The first-order valence-corrected chi connectivity index (χ1v) is 12.0. The lowest BCUT2D eigenvalue weighted by molar-refractivity contribution is -0.139. The molecular weight excluding hydrogens is 470 g/mol. The predicted molar refractivity (Wildman–Crippen MR) is 122 cm³/mol. The van der Waals surface area contributed by atoms with Crippen molar-refractivity contribution >= 4 is 43.5 Å². The van der Waals surface area contributed by atoms with Crippen molar-refractivity contribution in [2.75, 3.05) is 24.2 Å². The minimum absolute atomic E-state index is 0.173. The summed E-state index contributed by atoms with van der Waals surface area (Å²) in [6, 6.07) is 13.6. The molecule has 1 N–H and O–H groups in total. The molecule has 1 atom stereocenters. The number of likely N-dealkylation sites (N-methyl/N-ethyl adjacent to an activating group) is 1. The average molecular weight is 496 g/mol. The topological polar surface area (TPSA) is 86.8 Å². The van der Waals surface area contributed by atoms with E-state index in [1.165, 1.54) is 11.9 Å². The van der Waals surface area contributed by atoms with Gasteiger partial charge in [-0.05, 0) is 43.2 Å². The van der Waals surface area contributed by atoms with Gasteiger partial charge in [-0.2, -0.15) is 0 Å². The molecule has 0 heterocycles. The highest BCUT2D eigenvalue weighted by molar-refractivity contribution is 9.10. The lowest BCUT2D eigenvalue weighted by atomic mass is 10.1. The molecule has 0 aliphatic heterocycles. The first kappa shape index (κ1) is 23.9. The van der Waals surface area contributed by atoms with Gasteiger partial charge < -0.3 is 10.2 Å². The Morgan fingerprint density at radius 1 is 1.10 bits per heavy atom. The number of sulfonamides is 1. The van der Waals surface area contributed by atoms with Crippen LogP contribution in [-0.4, -0.2) is 51.0 Å². The maximum Gasteiger partial charge on any atom is 0.244 e. The zero-order valence-corrected chi connectivity index (χ0v) is 19.8. The van der Waals surface area contributed by atoms with Crippen LogP contribution in [0.2, 0.25) is 0 Å². The SMILES string of the molecule is CNC(=O)[C@@H](C)N(Cc1ccc(Br)cc1)C(=O)CN(c1ccccc1C)S(C)(=O)=O. The molecule has 0 bridgehead atoms. The molecule has 162 valence electrons. The Balaban J connectivity index is 2.38. The molecule has 7 nitrogen and oxygen atoms in total. The summed E-state index contributed by atoms with van der Waals surface area (Å²) in [6.45, 7) is 3.17. The molecule has 0 aromatic heterocycles. The van der Waals surface area contributed by atoms with Crippen LogP contribution in [0.15, 0.2) is 53.0 Å². The largest absolute Gasteiger partial charge is 0.357 e. The van der Waals surface area contributed by atoms with Crippen molar-refractivity contribution in [2.24, 2.45) is 0 Å². The molecular formula is C21H26BrN3O4S. The average Bonchev–Trinajstić information content (AvgIpc) is 2.70. The number of benzene rings is 2. The number of carbonyl (C=O) groups is 2. The number of nitrogens with one attached hydrogen (secondary N) is 1. The van der Waals surface area contributed by atoms with Gasteiger partial charge in [0.1, 0.15) is 12.6 Å². The van der Waals surface area contributed by atoms with Crippen LogP contribution >= 0.6 is 15.9 Å². The highest BCUT2D eigenvalue weighted by Gasteiger charge is 2.30. The van der Waals surface area contributed by atoms with E-state index in [4.69, 9.17) is 0 Å². The molecule has 0 aliphatic rings. The third-order valence-electron chi connectivity index (χ3n) is 4.74. The summed E-state index contributed by atoms with van der Waals surface area (Å²) in [6.07, 6.45) is 1.06. The molecule has 0 saturated heterocycles. The van der Waals surface area contributed by atoms with E-state index in [1.54, 1.807) is 38.1 Å². The van der Waals surface area contributed by atoms with Gasteiger partial charge in [-0.15, -0.1) is 0 Å². The maximum absolute atomic E-state index is 13.2. The monoisotopic (exact) mass is 495 g/mol. The van der Waals surface area contributed by atoms with Crippen LogP contribution in [0.1, 0.15) is 18.1 Å². The molecule has 0 fully saturated rings. The van der Waals surface area contributed by atoms with Crippen LogP contribution in [0, 0.1) is 6.92 Å². The number of nitrogens with zero attached hydrogens (tertiary/aromatic N) is 2. The van der Waals surface area contributed by atoms with Gasteiger partial charge in [0.2, 0.25) is 21.8 Å². The Hall–Kier alpha value is -2.39. The van der Waals surface area contributed by atoms with E-state index in [-0.39, 0.29) is 12.5 Å². The lowest BCUT2D eigenvalue weighted by Crippen LogP contribution is -2.50. The van der Waals surface area contributed by atoms with Gasteiger partial charge >= 0.3 is 0 Å². The predicted octanol–water partition coefficient (Wildman–Crippen LogP) is 2.69. The lowest BCUT2D eigenvalue weighted by Gasteiger charge is -2.31. The second-order valence-corrected chi connectivity index (χ2v) is 9.82. The second-order valence-electron chi connectivity index (χ2n) is 6.99. The summed E-state index contributed by atoms with van der Waals surface area (Å²) in [5.74, 6) is -0.801. The first-order chi connectivity index (χ1) is 14.0. The zero-order valence-electron chi connectivity index (χ0n) is 17.4. The van der Waals surface area contributed by atoms with Gasteiger partial charge in [-0.25, -0.2) is 8.42 Å². The van der Waals surface area contributed by atoms with Crippen LogP contribution in [0.3, 0.4) is 0 Å². The first-order valence-electron chi connectivity index (χ1n) is 9.33. The number of carbonyl (C=O) groups excluding carboxylic acids is 2. The van der Waals surface area contributed by atoms with Crippen molar-refractivity contribution in [3.63, 3.8) is 0 Å². The van der Waals surface area contributed by atoms with Crippen molar-refractivity contribution in [2.45, 2.75) is 26.4 Å². The summed E-state index contributed by atoms with van der Waals surface area (Å²) in [5, 5.41) is 2.55. The van der Waals surface area contributed by atoms with Crippen molar-refractivity contribution in [3.8, 4) is 0 Å². The van der Waals surface area contributed by atoms with Crippen molar-refractivity contribution in [1.29, 1.82) is 0 Å². The number of para-hydroxylation sites is 1. The van der Waals surface area contributed by atoms with Gasteiger partial charge in [0.15, 0.2) is 0 Å². The van der Waals surface area contributed by atoms with Gasteiger partial charge in [0, 0.05) is 18.1 Å². The Morgan fingerprint density at radius 2 is 1.70 bits per heavy atom. The van der Waals surface area contributed by atoms with Crippen LogP contribution < -0.4 is 9.62 Å². The van der Waals surface area contributed by atoms with E-state index in [9.17, 15) is 18.0 Å². The fourth-order valence-electron chi connectivity index (χ4n) is 3.02. The van der Waals surface area contributed by atoms with E-state index >= 15 is 0 Å². The van der Waals surface area contributed by atoms with Gasteiger partial charge in [0.25, 0.3) is 0 Å².